The van der Waals surface area contributed by atoms with Gasteiger partial charge in [-0.15, -0.1) is 0 Å². The van der Waals surface area contributed by atoms with E-state index < -0.39 is 17.8 Å². The molecule has 1 unspecified atom stereocenters. The lowest BCUT2D eigenvalue weighted by Crippen LogP contribution is -2.25. The van der Waals surface area contributed by atoms with Gasteiger partial charge in [0, 0.05) is 24.2 Å². The Hall–Kier alpha value is -2.37. The molecule has 0 radical (unpaired) electrons. The summed E-state index contributed by atoms with van der Waals surface area (Å²) in [6, 6.07) is 6.20. The van der Waals surface area contributed by atoms with Crippen molar-refractivity contribution < 1.29 is 19.5 Å². The predicted molar refractivity (Wildman–Crippen MR) is 63.1 cm³/mol. The smallest absolute Gasteiger partial charge is 0.308 e. The molecule has 18 heavy (non-hydrogen) atoms. The molecule has 6 nitrogen and oxygen atoms in total. The minimum absolute atomic E-state index is 0.00685. The van der Waals surface area contributed by atoms with Crippen LogP contribution in [0.5, 0.6) is 0 Å². The van der Waals surface area contributed by atoms with Crippen molar-refractivity contribution in [1.82, 2.24) is 0 Å². The lowest BCUT2D eigenvalue weighted by atomic mass is 10.1. The summed E-state index contributed by atoms with van der Waals surface area (Å²) in [4.78, 5) is 34.8. The molecule has 1 aromatic carbocycles. The summed E-state index contributed by atoms with van der Waals surface area (Å²) in [5.74, 6) is -2.42. The second-order valence-corrected chi connectivity index (χ2v) is 4.15. The van der Waals surface area contributed by atoms with E-state index in [1.807, 2.05) is 0 Å². The third-order valence-corrected chi connectivity index (χ3v) is 2.94. The van der Waals surface area contributed by atoms with Gasteiger partial charge in [-0.2, -0.15) is 0 Å². The molecule has 2 amide bonds. The molecule has 1 atom stereocenters. The zero-order chi connectivity index (χ0) is 13.3. The molecular weight excluding hydrogens is 236 g/mol. The van der Waals surface area contributed by atoms with E-state index in [9.17, 15) is 14.4 Å². The van der Waals surface area contributed by atoms with Gasteiger partial charge in [-0.25, -0.2) is 0 Å². The first kappa shape index (κ1) is 12.1. The van der Waals surface area contributed by atoms with Gasteiger partial charge in [-0.3, -0.25) is 14.4 Å². The fourth-order valence-electron chi connectivity index (χ4n) is 1.93. The number of carboxylic acid groups (broad SMARTS) is 1. The first-order valence-electron chi connectivity index (χ1n) is 5.42. The van der Waals surface area contributed by atoms with Gasteiger partial charge in [0.25, 0.3) is 0 Å². The van der Waals surface area contributed by atoms with Crippen molar-refractivity contribution in [2.75, 3.05) is 11.4 Å². The molecule has 1 aliphatic heterocycles. The highest BCUT2D eigenvalue weighted by molar-refractivity contribution is 6.00. The number of hydrogen-bond acceptors (Lipinski definition) is 3. The molecule has 1 aromatic rings. The van der Waals surface area contributed by atoms with Crippen LogP contribution in [0.25, 0.3) is 0 Å². The number of anilines is 1. The molecule has 3 N–H and O–H groups in total. The molecule has 0 aliphatic carbocycles. The van der Waals surface area contributed by atoms with E-state index >= 15 is 0 Å². The van der Waals surface area contributed by atoms with Gasteiger partial charge in [0.2, 0.25) is 11.8 Å². The van der Waals surface area contributed by atoms with Crippen molar-refractivity contribution in [2.24, 2.45) is 11.7 Å². The van der Waals surface area contributed by atoms with Gasteiger partial charge < -0.3 is 15.7 Å². The van der Waals surface area contributed by atoms with Crippen molar-refractivity contribution in [3.05, 3.63) is 29.8 Å². The summed E-state index contributed by atoms with van der Waals surface area (Å²) in [6.07, 6.45) is 0.00685. The maximum absolute atomic E-state index is 11.7. The van der Waals surface area contributed by atoms with Crippen LogP contribution in [-0.2, 0) is 9.59 Å². The van der Waals surface area contributed by atoms with Crippen molar-refractivity contribution >= 4 is 23.5 Å². The average molecular weight is 248 g/mol. The van der Waals surface area contributed by atoms with Gasteiger partial charge in [-0.1, -0.05) is 0 Å². The van der Waals surface area contributed by atoms with Gasteiger partial charge in [0.15, 0.2) is 0 Å². The van der Waals surface area contributed by atoms with E-state index in [0.29, 0.717) is 11.3 Å². The third-order valence-electron chi connectivity index (χ3n) is 2.94. The Balaban J connectivity index is 2.19. The Bertz CT molecular complexity index is 509. The van der Waals surface area contributed by atoms with E-state index in [4.69, 9.17) is 10.8 Å². The lowest BCUT2D eigenvalue weighted by Gasteiger charge is -2.16. The first-order valence-corrected chi connectivity index (χ1v) is 5.42. The van der Waals surface area contributed by atoms with Gasteiger partial charge in [-0.05, 0) is 24.3 Å². The topological polar surface area (TPSA) is 101 Å². The molecule has 0 saturated carbocycles. The SMILES string of the molecule is NC(=O)c1ccc(N2CC(C(=O)O)CC2=O)cc1. The van der Waals surface area contributed by atoms with Crippen LogP contribution in [0.15, 0.2) is 24.3 Å². The van der Waals surface area contributed by atoms with Crippen LogP contribution >= 0.6 is 0 Å². The summed E-state index contributed by atoms with van der Waals surface area (Å²) in [5, 5.41) is 8.87. The zero-order valence-corrected chi connectivity index (χ0v) is 9.50. The molecule has 94 valence electrons. The van der Waals surface area contributed by atoms with Gasteiger partial charge >= 0.3 is 5.97 Å². The summed E-state index contributed by atoms with van der Waals surface area (Å²) < 4.78 is 0. The number of amides is 2. The predicted octanol–water partition coefficient (Wildman–Crippen LogP) is 0.223. The quantitative estimate of drug-likeness (QED) is 0.799. The molecule has 1 saturated heterocycles. The summed E-state index contributed by atoms with van der Waals surface area (Å²) in [6.45, 7) is 0.157. The van der Waals surface area contributed by atoms with E-state index in [-0.39, 0.29) is 18.9 Å². The van der Waals surface area contributed by atoms with Crippen molar-refractivity contribution in [1.29, 1.82) is 0 Å². The second-order valence-electron chi connectivity index (χ2n) is 4.15. The third kappa shape index (κ3) is 2.17. The maximum atomic E-state index is 11.7. The lowest BCUT2D eigenvalue weighted by molar-refractivity contribution is -0.141. The molecule has 0 aromatic heterocycles. The Morgan fingerprint density at radius 3 is 2.33 bits per heavy atom. The highest BCUT2D eigenvalue weighted by Gasteiger charge is 2.34. The monoisotopic (exact) mass is 248 g/mol. The fourth-order valence-corrected chi connectivity index (χ4v) is 1.93. The molecule has 1 heterocycles. The van der Waals surface area contributed by atoms with Crippen LogP contribution in [0.4, 0.5) is 5.69 Å². The molecule has 6 heteroatoms. The van der Waals surface area contributed by atoms with Crippen LogP contribution in [-0.4, -0.2) is 29.4 Å². The number of nitrogens with zero attached hydrogens (tertiary/aromatic N) is 1. The van der Waals surface area contributed by atoms with Crippen LogP contribution in [0.2, 0.25) is 0 Å². The summed E-state index contributed by atoms with van der Waals surface area (Å²) in [5.41, 5.74) is 6.03. The second kappa shape index (κ2) is 4.48. The molecule has 1 aliphatic rings. The highest BCUT2D eigenvalue weighted by atomic mass is 16.4. The Morgan fingerprint density at radius 2 is 1.89 bits per heavy atom. The number of primary amides is 1. The van der Waals surface area contributed by atoms with Crippen molar-refractivity contribution in [3.8, 4) is 0 Å². The zero-order valence-electron chi connectivity index (χ0n) is 9.50. The largest absolute Gasteiger partial charge is 0.481 e. The molecule has 0 spiro atoms. The molecule has 0 bridgehead atoms. The van der Waals surface area contributed by atoms with Gasteiger partial charge in [0.1, 0.15) is 0 Å². The van der Waals surface area contributed by atoms with Crippen molar-refractivity contribution in [3.63, 3.8) is 0 Å². The van der Waals surface area contributed by atoms with Crippen LogP contribution < -0.4 is 10.6 Å². The summed E-state index contributed by atoms with van der Waals surface area (Å²) in [7, 11) is 0. The number of hydrogen-bond donors (Lipinski definition) is 2. The Kier molecular flexibility index (Phi) is 3.01. The van der Waals surface area contributed by atoms with Crippen LogP contribution in [0.1, 0.15) is 16.8 Å². The Morgan fingerprint density at radius 1 is 1.28 bits per heavy atom. The fraction of sp³-hybridized carbons (Fsp3) is 0.250. The number of carboxylic acids is 1. The number of carbonyl (C=O) groups is 3. The summed E-state index contributed by atoms with van der Waals surface area (Å²) >= 11 is 0. The van der Waals surface area contributed by atoms with E-state index in [1.54, 1.807) is 12.1 Å². The number of aliphatic carboxylic acids is 1. The van der Waals surface area contributed by atoms with E-state index in [0.717, 1.165) is 0 Å². The minimum Gasteiger partial charge on any atom is -0.481 e. The number of benzene rings is 1. The molecule has 1 fully saturated rings. The van der Waals surface area contributed by atoms with Crippen LogP contribution in [0.3, 0.4) is 0 Å². The highest BCUT2D eigenvalue weighted by Crippen LogP contribution is 2.25. The standard InChI is InChI=1S/C12H12N2O4/c13-11(16)7-1-3-9(4-2-7)14-6-8(12(17)18)5-10(14)15/h1-4,8H,5-6H2,(H2,13,16)(H,17,18). The minimum atomic E-state index is -0.973. The molecule has 2 rings (SSSR count). The van der Waals surface area contributed by atoms with E-state index in [1.165, 1.54) is 17.0 Å². The van der Waals surface area contributed by atoms with Crippen LogP contribution in [0, 0.1) is 5.92 Å². The van der Waals surface area contributed by atoms with E-state index in [2.05, 4.69) is 0 Å². The average Bonchev–Trinajstić information content (AvgIpc) is 2.71. The molecular formula is C12H12N2O4. The van der Waals surface area contributed by atoms with Crippen molar-refractivity contribution in [2.45, 2.75) is 6.42 Å². The first-order chi connectivity index (χ1) is 8.49. The van der Waals surface area contributed by atoms with Gasteiger partial charge in [0.05, 0.1) is 5.92 Å². The number of carbonyl (C=O) groups excluding carboxylic acids is 2. The number of nitrogens with two attached hydrogens (primary N) is 1. The number of rotatable bonds is 3. The Labute approximate surface area is 103 Å². The maximum Gasteiger partial charge on any atom is 0.308 e. The normalized spacial score (nSPS) is 19.0.